The van der Waals surface area contributed by atoms with Gasteiger partial charge in [0.25, 0.3) is 0 Å². The Morgan fingerprint density at radius 3 is 2.67 bits per heavy atom. The Balaban J connectivity index is 2.28. The summed E-state index contributed by atoms with van der Waals surface area (Å²) in [4.78, 5) is 12.9. The van der Waals surface area contributed by atoms with Gasteiger partial charge in [0.05, 0.1) is 18.1 Å². The molecule has 0 unspecified atom stereocenters. The van der Waals surface area contributed by atoms with Gasteiger partial charge in [0, 0.05) is 6.04 Å². The van der Waals surface area contributed by atoms with Gasteiger partial charge >= 0.3 is 0 Å². The minimum atomic E-state index is -0.0217. The molecule has 0 bridgehead atoms. The van der Waals surface area contributed by atoms with Gasteiger partial charge in [-0.05, 0) is 12.8 Å². The van der Waals surface area contributed by atoms with Crippen LogP contribution in [-0.4, -0.2) is 16.8 Å². The van der Waals surface area contributed by atoms with Crippen LogP contribution in [0.5, 0.6) is 0 Å². The summed E-state index contributed by atoms with van der Waals surface area (Å²) in [5.74, 6) is 0.358. The van der Waals surface area contributed by atoms with Crippen LogP contribution in [0.3, 0.4) is 0 Å². The average molecular weight is 163 g/mol. The molecule has 1 saturated carbocycles. The lowest BCUT2D eigenvalue weighted by Crippen LogP contribution is -2.30. The van der Waals surface area contributed by atoms with Crippen LogP contribution in [0, 0.1) is 11.3 Å². The molecule has 0 aromatic rings. The minimum absolute atomic E-state index is 0.0217. The van der Waals surface area contributed by atoms with Crippen LogP contribution >= 0.6 is 0 Å². The number of hydrogen-bond acceptors (Lipinski definition) is 3. The lowest BCUT2D eigenvalue weighted by Gasteiger charge is -2.15. The third-order valence-corrected chi connectivity index (χ3v) is 2.21. The molecular formula is C8H9N3O. The summed E-state index contributed by atoms with van der Waals surface area (Å²) in [6.07, 6.45) is 2.23. The van der Waals surface area contributed by atoms with Crippen molar-refractivity contribution >= 4 is 5.91 Å². The molecule has 4 nitrogen and oxygen atoms in total. The van der Waals surface area contributed by atoms with E-state index in [2.05, 4.69) is 0 Å². The third kappa shape index (κ3) is 0.866. The van der Waals surface area contributed by atoms with E-state index in [1.54, 1.807) is 4.90 Å². The number of hydrogen-bond donors (Lipinski definition) is 1. The highest BCUT2D eigenvalue weighted by Gasteiger charge is 2.39. The summed E-state index contributed by atoms with van der Waals surface area (Å²) in [6.45, 7) is 0. The van der Waals surface area contributed by atoms with E-state index in [1.165, 1.54) is 0 Å². The highest BCUT2D eigenvalue weighted by molar-refractivity contribution is 5.86. The van der Waals surface area contributed by atoms with Gasteiger partial charge in [0.15, 0.2) is 0 Å². The number of nitrogens with two attached hydrogens (primary N) is 1. The summed E-state index contributed by atoms with van der Waals surface area (Å²) in [6, 6.07) is 2.23. The van der Waals surface area contributed by atoms with E-state index < -0.39 is 0 Å². The van der Waals surface area contributed by atoms with Gasteiger partial charge in [0.1, 0.15) is 5.82 Å². The standard InChI is InChI=1S/C8H9N3O/c9-4-5-3-7(12)11(8(5)10)6-1-2-6/h6H,1-3,10H2. The van der Waals surface area contributed by atoms with Crippen molar-refractivity contribution in [2.75, 3.05) is 0 Å². The first-order chi connectivity index (χ1) is 5.74. The smallest absolute Gasteiger partial charge is 0.233 e. The quantitative estimate of drug-likeness (QED) is 0.594. The molecule has 2 rings (SSSR count). The SMILES string of the molecule is N#CC1=C(N)N(C2CC2)C(=O)C1. The second-order valence-corrected chi connectivity index (χ2v) is 3.15. The van der Waals surface area contributed by atoms with Crippen LogP contribution in [0.4, 0.5) is 0 Å². The zero-order chi connectivity index (χ0) is 8.72. The van der Waals surface area contributed by atoms with E-state index in [1.807, 2.05) is 6.07 Å². The number of rotatable bonds is 1. The second-order valence-electron chi connectivity index (χ2n) is 3.15. The molecule has 0 saturated heterocycles. The predicted octanol–water partition coefficient (Wildman–Crippen LogP) is 0.0750. The molecule has 62 valence electrons. The molecular weight excluding hydrogens is 154 g/mol. The van der Waals surface area contributed by atoms with Gasteiger partial charge in [-0.25, -0.2) is 0 Å². The molecule has 1 fully saturated rings. The lowest BCUT2D eigenvalue weighted by molar-refractivity contribution is -0.127. The molecule has 1 aliphatic carbocycles. The Morgan fingerprint density at radius 2 is 2.25 bits per heavy atom. The molecule has 0 radical (unpaired) electrons. The van der Waals surface area contributed by atoms with Crippen molar-refractivity contribution in [3.05, 3.63) is 11.4 Å². The van der Waals surface area contributed by atoms with Gasteiger partial charge in [-0.3, -0.25) is 9.69 Å². The van der Waals surface area contributed by atoms with Crippen LogP contribution in [0.25, 0.3) is 0 Å². The molecule has 0 aromatic heterocycles. The summed E-state index contributed by atoms with van der Waals surface area (Å²) in [7, 11) is 0. The molecule has 4 heteroatoms. The zero-order valence-corrected chi connectivity index (χ0v) is 6.58. The van der Waals surface area contributed by atoms with Crippen LogP contribution < -0.4 is 5.73 Å². The van der Waals surface area contributed by atoms with Crippen molar-refractivity contribution in [2.24, 2.45) is 5.73 Å². The normalized spacial score (nSPS) is 23.2. The lowest BCUT2D eigenvalue weighted by atomic mass is 10.2. The summed E-state index contributed by atoms with van der Waals surface area (Å²) < 4.78 is 0. The maximum atomic E-state index is 11.3. The van der Waals surface area contributed by atoms with Crippen LogP contribution in [0.15, 0.2) is 11.4 Å². The van der Waals surface area contributed by atoms with E-state index in [-0.39, 0.29) is 18.4 Å². The van der Waals surface area contributed by atoms with Gasteiger partial charge in [-0.15, -0.1) is 0 Å². The Hall–Kier alpha value is -1.50. The Bertz CT molecular complexity index is 309. The van der Waals surface area contributed by atoms with E-state index in [0.29, 0.717) is 11.4 Å². The van der Waals surface area contributed by atoms with E-state index >= 15 is 0 Å². The molecule has 0 aromatic carbocycles. The topological polar surface area (TPSA) is 70.1 Å². The Kier molecular flexibility index (Phi) is 1.34. The second kappa shape index (κ2) is 2.24. The minimum Gasteiger partial charge on any atom is -0.384 e. The molecule has 1 amide bonds. The number of carbonyl (C=O) groups excluding carboxylic acids is 1. The first kappa shape index (κ1) is 7.17. The fourth-order valence-electron chi connectivity index (χ4n) is 1.44. The molecule has 0 atom stereocenters. The largest absolute Gasteiger partial charge is 0.384 e. The first-order valence-corrected chi connectivity index (χ1v) is 3.95. The average Bonchev–Trinajstić information content (AvgIpc) is 2.80. The summed E-state index contributed by atoms with van der Waals surface area (Å²) in [5, 5.41) is 8.61. The van der Waals surface area contributed by atoms with E-state index in [4.69, 9.17) is 11.0 Å². The molecule has 2 N–H and O–H groups in total. The number of carbonyl (C=O) groups is 1. The van der Waals surface area contributed by atoms with E-state index in [9.17, 15) is 4.79 Å². The van der Waals surface area contributed by atoms with Gasteiger partial charge in [-0.1, -0.05) is 0 Å². The Labute approximate surface area is 70.2 Å². The van der Waals surface area contributed by atoms with Crippen molar-refractivity contribution in [2.45, 2.75) is 25.3 Å². The fraction of sp³-hybridized carbons (Fsp3) is 0.500. The van der Waals surface area contributed by atoms with Gasteiger partial charge < -0.3 is 5.73 Å². The van der Waals surface area contributed by atoms with E-state index in [0.717, 1.165) is 12.8 Å². The van der Waals surface area contributed by atoms with Crippen molar-refractivity contribution in [3.8, 4) is 6.07 Å². The maximum Gasteiger partial charge on any atom is 0.233 e. The zero-order valence-electron chi connectivity index (χ0n) is 6.58. The number of amides is 1. The first-order valence-electron chi connectivity index (χ1n) is 3.95. The van der Waals surface area contributed by atoms with Crippen molar-refractivity contribution in [1.82, 2.24) is 4.90 Å². The van der Waals surface area contributed by atoms with Crippen molar-refractivity contribution in [1.29, 1.82) is 5.26 Å². The van der Waals surface area contributed by atoms with Crippen molar-refractivity contribution in [3.63, 3.8) is 0 Å². The molecule has 0 spiro atoms. The molecule has 2 aliphatic rings. The molecule has 1 aliphatic heterocycles. The third-order valence-electron chi connectivity index (χ3n) is 2.21. The number of nitrogens with zero attached hydrogens (tertiary/aromatic N) is 2. The van der Waals surface area contributed by atoms with Gasteiger partial charge in [0.2, 0.25) is 5.91 Å². The number of nitriles is 1. The van der Waals surface area contributed by atoms with Crippen LogP contribution in [0.2, 0.25) is 0 Å². The highest BCUT2D eigenvalue weighted by Crippen LogP contribution is 2.34. The molecule has 1 heterocycles. The summed E-state index contributed by atoms with van der Waals surface area (Å²) >= 11 is 0. The summed E-state index contributed by atoms with van der Waals surface area (Å²) in [5.41, 5.74) is 6.05. The Morgan fingerprint density at radius 1 is 1.58 bits per heavy atom. The maximum absolute atomic E-state index is 11.3. The molecule has 12 heavy (non-hydrogen) atoms. The van der Waals surface area contributed by atoms with Crippen LogP contribution in [0.1, 0.15) is 19.3 Å². The monoisotopic (exact) mass is 163 g/mol. The highest BCUT2D eigenvalue weighted by atomic mass is 16.2. The van der Waals surface area contributed by atoms with Gasteiger partial charge in [-0.2, -0.15) is 5.26 Å². The van der Waals surface area contributed by atoms with Crippen molar-refractivity contribution < 1.29 is 4.79 Å². The predicted molar refractivity (Wildman–Crippen MR) is 41.3 cm³/mol. The fourth-order valence-corrected chi connectivity index (χ4v) is 1.44. The van der Waals surface area contributed by atoms with Crippen LogP contribution in [-0.2, 0) is 4.79 Å².